The third-order valence-electron chi connectivity index (χ3n) is 2.20. The van der Waals surface area contributed by atoms with Gasteiger partial charge in [0.1, 0.15) is 5.69 Å². The molecular formula is C11H13ClN4O2. The summed E-state index contributed by atoms with van der Waals surface area (Å²) in [5.41, 5.74) is 0.519. The molecule has 0 saturated heterocycles. The van der Waals surface area contributed by atoms with Crippen molar-refractivity contribution in [2.75, 3.05) is 20.3 Å². The van der Waals surface area contributed by atoms with E-state index in [1.54, 1.807) is 25.4 Å². The Kier molecular flexibility index (Phi) is 4.63. The maximum absolute atomic E-state index is 6.00. The van der Waals surface area contributed by atoms with Crippen LogP contribution in [0, 0.1) is 0 Å². The van der Waals surface area contributed by atoms with Crippen molar-refractivity contribution in [1.29, 1.82) is 0 Å². The minimum absolute atomic E-state index is 0.393. The molecule has 2 rings (SSSR count). The lowest BCUT2D eigenvalue weighted by Crippen LogP contribution is -2.18. The minimum Gasteiger partial charge on any atom is -0.383 e. The zero-order valence-corrected chi connectivity index (χ0v) is 10.6. The molecule has 2 heterocycles. The van der Waals surface area contributed by atoms with Crippen molar-refractivity contribution in [2.45, 2.75) is 6.54 Å². The van der Waals surface area contributed by atoms with E-state index in [1.165, 1.54) is 0 Å². The standard InChI is InChI=1S/C11H13ClN4O2/c1-17-6-5-13-7-9-15-11(16-18-9)10-8(12)3-2-4-14-10/h2-4,13H,5-7H2,1H3. The van der Waals surface area contributed by atoms with Crippen LogP contribution in [0.2, 0.25) is 5.02 Å². The Morgan fingerprint density at radius 2 is 2.39 bits per heavy atom. The maximum Gasteiger partial charge on any atom is 0.240 e. The van der Waals surface area contributed by atoms with Crippen LogP contribution in [0.5, 0.6) is 0 Å². The third-order valence-corrected chi connectivity index (χ3v) is 2.50. The van der Waals surface area contributed by atoms with Gasteiger partial charge in [-0.15, -0.1) is 0 Å². The predicted molar refractivity (Wildman–Crippen MR) is 66.1 cm³/mol. The zero-order chi connectivity index (χ0) is 12.8. The average Bonchev–Trinajstić information content (AvgIpc) is 2.84. The number of hydrogen-bond donors (Lipinski definition) is 1. The molecule has 0 fully saturated rings. The van der Waals surface area contributed by atoms with E-state index < -0.39 is 0 Å². The summed E-state index contributed by atoms with van der Waals surface area (Å²) in [4.78, 5) is 8.33. The Labute approximate surface area is 109 Å². The first-order valence-corrected chi connectivity index (χ1v) is 5.82. The summed E-state index contributed by atoms with van der Waals surface area (Å²) >= 11 is 6.00. The molecule has 6 nitrogen and oxygen atoms in total. The van der Waals surface area contributed by atoms with Crippen LogP contribution in [0.15, 0.2) is 22.9 Å². The number of methoxy groups -OCH3 is 1. The molecule has 18 heavy (non-hydrogen) atoms. The quantitative estimate of drug-likeness (QED) is 0.801. The average molecular weight is 269 g/mol. The molecule has 0 atom stereocenters. The van der Waals surface area contributed by atoms with Crippen molar-refractivity contribution < 1.29 is 9.26 Å². The summed E-state index contributed by atoms with van der Waals surface area (Å²) in [6, 6.07) is 3.48. The number of pyridine rings is 1. The fourth-order valence-electron chi connectivity index (χ4n) is 1.34. The molecule has 0 spiro atoms. The lowest BCUT2D eigenvalue weighted by Gasteiger charge is -1.98. The van der Waals surface area contributed by atoms with Crippen molar-refractivity contribution in [3.05, 3.63) is 29.2 Å². The summed E-state index contributed by atoms with van der Waals surface area (Å²) in [5, 5.41) is 7.45. The lowest BCUT2D eigenvalue weighted by atomic mass is 10.3. The molecule has 0 aliphatic carbocycles. The van der Waals surface area contributed by atoms with E-state index in [1.807, 2.05) is 0 Å². The van der Waals surface area contributed by atoms with Gasteiger partial charge in [-0.25, -0.2) is 0 Å². The predicted octanol–water partition coefficient (Wildman–Crippen LogP) is 1.52. The first-order valence-electron chi connectivity index (χ1n) is 5.44. The zero-order valence-electron chi connectivity index (χ0n) is 9.89. The highest BCUT2D eigenvalue weighted by atomic mass is 35.5. The van der Waals surface area contributed by atoms with E-state index in [-0.39, 0.29) is 0 Å². The van der Waals surface area contributed by atoms with Crippen LogP contribution in [0.25, 0.3) is 11.5 Å². The normalized spacial score (nSPS) is 10.8. The first kappa shape index (κ1) is 12.9. The summed E-state index contributed by atoms with van der Waals surface area (Å²) in [6.45, 7) is 1.84. The summed E-state index contributed by atoms with van der Waals surface area (Å²) in [7, 11) is 1.65. The fraction of sp³-hybridized carbons (Fsp3) is 0.364. The molecule has 2 aromatic heterocycles. The topological polar surface area (TPSA) is 73.1 Å². The second-order valence-electron chi connectivity index (χ2n) is 3.52. The molecule has 1 N–H and O–H groups in total. The van der Waals surface area contributed by atoms with Crippen LogP contribution in [0.1, 0.15) is 5.89 Å². The molecule has 2 aromatic rings. The van der Waals surface area contributed by atoms with Gasteiger partial charge < -0.3 is 14.6 Å². The van der Waals surface area contributed by atoms with E-state index in [0.717, 1.165) is 6.54 Å². The second kappa shape index (κ2) is 6.44. The SMILES string of the molecule is COCCNCc1nc(-c2ncccc2Cl)no1. The number of halogens is 1. The number of nitrogens with zero attached hydrogens (tertiary/aromatic N) is 3. The largest absolute Gasteiger partial charge is 0.383 e. The van der Waals surface area contributed by atoms with E-state index in [2.05, 4.69) is 20.4 Å². The van der Waals surface area contributed by atoms with Crippen molar-refractivity contribution in [1.82, 2.24) is 20.4 Å². The molecule has 0 aliphatic rings. The molecule has 0 aliphatic heterocycles. The van der Waals surface area contributed by atoms with Crippen LogP contribution in [-0.2, 0) is 11.3 Å². The summed E-state index contributed by atoms with van der Waals surface area (Å²) in [6.07, 6.45) is 1.63. The molecule has 0 radical (unpaired) electrons. The van der Waals surface area contributed by atoms with Gasteiger partial charge in [-0.2, -0.15) is 4.98 Å². The summed E-state index contributed by atoms with van der Waals surface area (Å²) in [5.74, 6) is 0.881. The summed E-state index contributed by atoms with van der Waals surface area (Å²) < 4.78 is 10.0. The molecule has 0 saturated carbocycles. The van der Waals surface area contributed by atoms with Crippen LogP contribution in [-0.4, -0.2) is 35.4 Å². The molecule has 0 amide bonds. The highest BCUT2D eigenvalue weighted by Gasteiger charge is 2.12. The highest BCUT2D eigenvalue weighted by molar-refractivity contribution is 6.32. The Morgan fingerprint density at radius 3 is 3.17 bits per heavy atom. The molecule has 0 aromatic carbocycles. The van der Waals surface area contributed by atoms with Crippen LogP contribution in [0.4, 0.5) is 0 Å². The van der Waals surface area contributed by atoms with E-state index >= 15 is 0 Å². The van der Waals surface area contributed by atoms with Crippen molar-refractivity contribution >= 4 is 11.6 Å². The van der Waals surface area contributed by atoms with Gasteiger partial charge in [0, 0.05) is 19.9 Å². The lowest BCUT2D eigenvalue weighted by molar-refractivity contribution is 0.197. The maximum atomic E-state index is 6.00. The molecule has 7 heteroatoms. The Bertz CT molecular complexity index is 503. The highest BCUT2D eigenvalue weighted by Crippen LogP contribution is 2.22. The van der Waals surface area contributed by atoms with Crippen LogP contribution < -0.4 is 5.32 Å². The second-order valence-corrected chi connectivity index (χ2v) is 3.92. The van der Waals surface area contributed by atoms with E-state index in [4.69, 9.17) is 20.9 Å². The fourth-order valence-corrected chi connectivity index (χ4v) is 1.55. The third kappa shape index (κ3) is 3.25. The van der Waals surface area contributed by atoms with Gasteiger partial charge in [-0.05, 0) is 12.1 Å². The number of ether oxygens (including phenoxy) is 1. The van der Waals surface area contributed by atoms with Crippen molar-refractivity contribution in [2.24, 2.45) is 0 Å². The Morgan fingerprint density at radius 1 is 1.50 bits per heavy atom. The number of aromatic nitrogens is 3. The first-order chi connectivity index (χ1) is 8.81. The molecule has 0 unspecified atom stereocenters. The molecule has 96 valence electrons. The number of rotatable bonds is 6. The van der Waals surface area contributed by atoms with Crippen LogP contribution >= 0.6 is 11.6 Å². The van der Waals surface area contributed by atoms with Gasteiger partial charge in [-0.1, -0.05) is 16.8 Å². The van der Waals surface area contributed by atoms with Gasteiger partial charge in [0.15, 0.2) is 0 Å². The number of nitrogens with one attached hydrogen (secondary N) is 1. The van der Waals surface area contributed by atoms with Gasteiger partial charge in [0.2, 0.25) is 11.7 Å². The minimum atomic E-state index is 0.393. The smallest absolute Gasteiger partial charge is 0.240 e. The van der Waals surface area contributed by atoms with Crippen LogP contribution in [0.3, 0.4) is 0 Å². The van der Waals surface area contributed by atoms with Gasteiger partial charge in [-0.3, -0.25) is 4.98 Å². The van der Waals surface area contributed by atoms with E-state index in [9.17, 15) is 0 Å². The van der Waals surface area contributed by atoms with E-state index in [0.29, 0.717) is 35.6 Å². The van der Waals surface area contributed by atoms with Crippen molar-refractivity contribution in [3.8, 4) is 11.5 Å². The van der Waals surface area contributed by atoms with Gasteiger partial charge in [0.05, 0.1) is 18.2 Å². The van der Waals surface area contributed by atoms with Gasteiger partial charge >= 0.3 is 0 Å². The molecule has 0 bridgehead atoms. The molecular weight excluding hydrogens is 256 g/mol. The Balaban J connectivity index is 2.00. The Hall–Kier alpha value is -1.50. The van der Waals surface area contributed by atoms with Gasteiger partial charge in [0.25, 0.3) is 0 Å². The van der Waals surface area contributed by atoms with Crippen molar-refractivity contribution in [3.63, 3.8) is 0 Å². The monoisotopic (exact) mass is 268 g/mol. The number of hydrogen-bond acceptors (Lipinski definition) is 6.